The number of nitrogens with one attached hydrogen (secondary N) is 1. The number of carbonyl (C=O) groups excluding carboxylic acids is 1. The Bertz CT molecular complexity index is 1020. The molecule has 0 saturated heterocycles. The molecule has 6 heteroatoms. The van der Waals surface area contributed by atoms with E-state index in [2.05, 4.69) is 22.3 Å². The standard InChI is InChI=1S/C27H32N2O4/c1-28-27(30)26(21-10-6-5-7-11-21)29(22-14-17-24(32-3)25(19-22)33-4)18-8-9-20-12-15-23(31-2)16-13-20/h5-7,10-17,19,26H,8-9,18H2,1-4H3,(H,28,30)/t26-/m0/s1. The van der Waals surface area contributed by atoms with Crippen LogP contribution < -0.4 is 24.4 Å². The van der Waals surface area contributed by atoms with E-state index in [1.165, 1.54) is 5.56 Å². The molecule has 0 aliphatic rings. The molecule has 3 aromatic rings. The zero-order valence-corrected chi connectivity index (χ0v) is 19.7. The van der Waals surface area contributed by atoms with Crippen LogP contribution in [0.1, 0.15) is 23.6 Å². The first-order valence-corrected chi connectivity index (χ1v) is 11.0. The molecule has 0 aliphatic heterocycles. The Kier molecular flexibility index (Phi) is 8.58. The summed E-state index contributed by atoms with van der Waals surface area (Å²) in [5.74, 6) is 2.05. The summed E-state index contributed by atoms with van der Waals surface area (Å²) in [4.78, 5) is 15.2. The minimum absolute atomic E-state index is 0.0690. The molecule has 33 heavy (non-hydrogen) atoms. The third-order valence-electron chi connectivity index (χ3n) is 5.64. The highest BCUT2D eigenvalue weighted by atomic mass is 16.5. The molecular weight excluding hydrogens is 416 g/mol. The Labute approximate surface area is 196 Å². The lowest BCUT2D eigenvalue weighted by Gasteiger charge is -2.33. The Balaban J connectivity index is 1.93. The third-order valence-corrected chi connectivity index (χ3v) is 5.64. The number of anilines is 1. The van der Waals surface area contributed by atoms with E-state index in [9.17, 15) is 4.79 Å². The van der Waals surface area contributed by atoms with Crippen molar-refractivity contribution in [3.63, 3.8) is 0 Å². The highest BCUT2D eigenvalue weighted by Crippen LogP contribution is 2.35. The van der Waals surface area contributed by atoms with E-state index in [1.807, 2.05) is 60.7 Å². The SMILES string of the molecule is CNC(=O)[C@H](c1ccccc1)N(CCCc1ccc(OC)cc1)c1ccc(OC)c(OC)c1. The van der Waals surface area contributed by atoms with Crippen molar-refractivity contribution in [1.29, 1.82) is 0 Å². The lowest BCUT2D eigenvalue weighted by atomic mass is 10.0. The van der Waals surface area contributed by atoms with Gasteiger partial charge >= 0.3 is 0 Å². The minimum atomic E-state index is -0.481. The highest BCUT2D eigenvalue weighted by Gasteiger charge is 2.28. The Hall–Kier alpha value is -3.67. The number of hydrogen-bond donors (Lipinski definition) is 1. The topological polar surface area (TPSA) is 60.0 Å². The molecular formula is C27H32N2O4. The molecule has 3 aromatic carbocycles. The molecule has 0 heterocycles. The smallest absolute Gasteiger partial charge is 0.247 e. The molecule has 1 atom stereocenters. The van der Waals surface area contributed by atoms with Gasteiger partial charge in [0.2, 0.25) is 5.91 Å². The van der Waals surface area contributed by atoms with Crippen LogP contribution in [0.4, 0.5) is 5.69 Å². The van der Waals surface area contributed by atoms with Gasteiger partial charge in [0.1, 0.15) is 11.8 Å². The fourth-order valence-corrected chi connectivity index (χ4v) is 3.90. The van der Waals surface area contributed by atoms with Crippen LogP contribution in [0, 0.1) is 0 Å². The van der Waals surface area contributed by atoms with Gasteiger partial charge in [-0.1, -0.05) is 42.5 Å². The van der Waals surface area contributed by atoms with E-state index in [4.69, 9.17) is 14.2 Å². The van der Waals surface area contributed by atoms with Crippen molar-refractivity contribution in [2.45, 2.75) is 18.9 Å². The van der Waals surface area contributed by atoms with E-state index < -0.39 is 6.04 Å². The number of hydrogen-bond acceptors (Lipinski definition) is 5. The molecule has 1 N–H and O–H groups in total. The summed E-state index contributed by atoms with van der Waals surface area (Å²) in [6, 6.07) is 23.2. The van der Waals surface area contributed by atoms with Crippen molar-refractivity contribution >= 4 is 11.6 Å². The van der Waals surface area contributed by atoms with Crippen molar-refractivity contribution in [1.82, 2.24) is 5.32 Å². The van der Waals surface area contributed by atoms with E-state index in [1.54, 1.807) is 28.4 Å². The maximum atomic E-state index is 13.1. The highest BCUT2D eigenvalue weighted by molar-refractivity contribution is 5.86. The Morgan fingerprint density at radius 2 is 1.58 bits per heavy atom. The van der Waals surface area contributed by atoms with Crippen LogP contribution in [0.5, 0.6) is 17.2 Å². The largest absolute Gasteiger partial charge is 0.497 e. The number of methoxy groups -OCH3 is 3. The van der Waals surface area contributed by atoms with Crippen LogP contribution in [0.25, 0.3) is 0 Å². The van der Waals surface area contributed by atoms with Gasteiger partial charge in [0.05, 0.1) is 21.3 Å². The number of likely N-dealkylation sites (N-methyl/N-ethyl adjacent to an activating group) is 1. The zero-order chi connectivity index (χ0) is 23.6. The molecule has 0 saturated carbocycles. The molecule has 0 aliphatic carbocycles. The second-order valence-corrected chi connectivity index (χ2v) is 7.61. The number of aryl methyl sites for hydroxylation is 1. The molecule has 0 radical (unpaired) electrons. The van der Waals surface area contributed by atoms with Gasteiger partial charge < -0.3 is 24.4 Å². The third kappa shape index (κ3) is 5.98. The van der Waals surface area contributed by atoms with Crippen LogP contribution in [0.15, 0.2) is 72.8 Å². The van der Waals surface area contributed by atoms with Crippen LogP contribution in [-0.4, -0.2) is 40.8 Å². The summed E-state index contributed by atoms with van der Waals surface area (Å²) in [6.07, 6.45) is 1.74. The summed E-state index contributed by atoms with van der Waals surface area (Å²) in [5, 5.41) is 2.84. The molecule has 0 fully saturated rings. The average Bonchev–Trinajstić information content (AvgIpc) is 2.88. The van der Waals surface area contributed by atoms with E-state index in [0.717, 1.165) is 29.8 Å². The molecule has 174 valence electrons. The monoisotopic (exact) mass is 448 g/mol. The molecule has 0 aromatic heterocycles. The summed E-state index contributed by atoms with van der Waals surface area (Å²) in [6.45, 7) is 0.675. The maximum absolute atomic E-state index is 13.1. The number of amides is 1. The van der Waals surface area contributed by atoms with Gasteiger partial charge in [0, 0.05) is 25.3 Å². The average molecular weight is 449 g/mol. The van der Waals surface area contributed by atoms with Gasteiger partial charge in [-0.15, -0.1) is 0 Å². The zero-order valence-electron chi connectivity index (χ0n) is 19.7. The Morgan fingerprint density at radius 3 is 2.18 bits per heavy atom. The van der Waals surface area contributed by atoms with E-state index >= 15 is 0 Å². The first kappa shape index (κ1) is 24.0. The fourth-order valence-electron chi connectivity index (χ4n) is 3.90. The van der Waals surface area contributed by atoms with Crippen molar-refractivity contribution in [3.8, 4) is 17.2 Å². The van der Waals surface area contributed by atoms with Crippen molar-refractivity contribution in [3.05, 3.63) is 83.9 Å². The van der Waals surface area contributed by atoms with Crippen LogP contribution in [0.2, 0.25) is 0 Å². The lowest BCUT2D eigenvalue weighted by molar-refractivity contribution is -0.122. The van der Waals surface area contributed by atoms with Crippen LogP contribution in [0.3, 0.4) is 0 Å². The second kappa shape index (κ2) is 11.8. The summed E-state index contributed by atoms with van der Waals surface area (Å²) >= 11 is 0. The molecule has 0 unspecified atom stereocenters. The summed E-state index contributed by atoms with van der Waals surface area (Å²) < 4.78 is 16.2. The number of benzene rings is 3. The lowest BCUT2D eigenvalue weighted by Crippen LogP contribution is -2.40. The number of rotatable bonds is 11. The summed E-state index contributed by atoms with van der Waals surface area (Å²) in [5.41, 5.74) is 3.04. The predicted molar refractivity (Wildman–Crippen MR) is 131 cm³/mol. The number of carbonyl (C=O) groups is 1. The molecule has 6 nitrogen and oxygen atoms in total. The quantitative estimate of drug-likeness (QED) is 0.463. The fraction of sp³-hybridized carbons (Fsp3) is 0.296. The predicted octanol–water partition coefficient (Wildman–Crippen LogP) is 4.64. The van der Waals surface area contributed by atoms with Crippen LogP contribution in [-0.2, 0) is 11.2 Å². The van der Waals surface area contributed by atoms with Crippen molar-refractivity contribution < 1.29 is 19.0 Å². The molecule has 3 rings (SSSR count). The second-order valence-electron chi connectivity index (χ2n) is 7.61. The molecule has 0 spiro atoms. The van der Waals surface area contributed by atoms with E-state index in [0.29, 0.717) is 18.0 Å². The van der Waals surface area contributed by atoms with E-state index in [-0.39, 0.29) is 5.91 Å². The number of nitrogens with zero attached hydrogens (tertiary/aromatic N) is 1. The van der Waals surface area contributed by atoms with Gasteiger partial charge in [-0.05, 0) is 48.2 Å². The first-order valence-electron chi connectivity index (χ1n) is 11.0. The van der Waals surface area contributed by atoms with Gasteiger partial charge in [0.15, 0.2) is 11.5 Å². The summed E-state index contributed by atoms with van der Waals surface area (Å²) in [7, 11) is 6.56. The van der Waals surface area contributed by atoms with Gasteiger partial charge in [-0.2, -0.15) is 0 Å². The molecule has 1 amide bonds. The van der Waals surface area contributed by atoms with Gasteiger partial charge in [0.25, 0.3) is 0 Å². The minimum Gasteiger partial charge on any atom is -0.497 e. The van der Waals surface area contributed by atoms with Crippen molar-refractivity contribution in [2.24, 2.45) is 0 Å². The van der Waals surface area contributed by atoms with Gasteiger partial charge in [-0.25, -0.2) is 0 Å². The molecule has 0 bridgehead atoms. The normalized spacial score (nSPS) is 11.4. The number of ether oxygens (including phenoxy) is 3. The first-order chi connectivity index (χ1) is 16.1. The van der Waals surface area contributed by atoms with Crippen LogP contribution >= 0.6 is 0 Å². The Morgan fingerprint density at radius 1 is 0.879 bits per heavy atom. The maximum Gasteiger partial charge on any atom is 0.247 e. The van der Waals surface area contributed by atoms with Gasteiger partial charge in [-0.3, -0.25) is 4.79 Å². The van der Waals surface area contributed by atoms with Crippen molar-refractivity contribution in [2.75, 3.05) is 39.8 Å².